The van der Waals surface area contributed by atoms with E-state index < -0.39 is 0 Å². The van der Waals surface area contributed by atoms with Gasteiger partial charge in [-0.3, -0.25) is 9.69 Å². The lowest BCUT2D eigenvalue weighted by atomic mass is 9.92. The molecule has 3 saturated heterocycles. The molecule has 22 heavy (non-hydrogen) atoms. The first-order chi connectivity index (χ1) is 10.6. The minimum absolute atomic E-state index is 0.0689. The summed E-state index contributed by atoms with van der Waals surface area (Å²) in [6.07, 6.45) is 5.11. The second kappa shape index (κ2) is 6.96. The molecule has 0 aliphatic carbocycles. The van der Waals surface area contributed by atoms with E-state index in [1.165, 1.54) is 4.90 Å². The van der Waals surface area contributed by atoms with Crippen LogP contribution in [0.15, 0.2) is 0 Å². The number of amides is 3. The number of imide groups is 1. The topological polar surface area (TPSA) is 67.9 Å². The highest BCUT2D eigenvalue weighted by molar-refractivity contribution is 6.04. The fourth-order valence-corrected chi connectivity index (χ4v) is 3.77. The quantitative estimate of drug-likeness (QED) is 0.800. The number of carbonyl (C=O) groups is 2. The van der Waals surface area contributed by atoms with E-state index in [0.717, 1.165) is 45.3 Å². The summed E-state index contributed by atoms with van der Waals surface area (Å²) in [6, 6.07) is -0.623. The summed E-state index contributed by atoms with van der Waals surface area (Å²) in [7, 11) is 0. The molecule has 3 fully saturated rings. The number of rotatable bonds is 4. The fourth-order valence-electron chi connectivity index (χ4n) is 3.77. The van der Waals surface area contributed by atoms with Crippen LogP contribution in [0.5, 0.6) is 0 Å². The van der Waals surface area contributed by atoms with Gasteiger partial charge in [0.15, 0.2) is 0 Å². The molecule has 0 radical (unpaired) electrons. The van der Waals surface area contributed by atoms with Gasteiger partial charge >= 0.3 is 6.03 Å². The molecule has 0 aromatic carbocycles. The second-order valence-electron chi connectivity index (χ2n) is 6.75. The van der Waals surface area contributed by atoms with E-state index >= 15 is 0 Å². The molecule has 3 aliphatic heterocycles. The summed E-state index contributed by atoms with van der Waals surface area (Å²) in [6.45, 7) is 4.72. The van der Waals surface area contributed by atoms with E-state index in [0.29, 0.717) is 19.1 Å². The molecular formula is C16H26N2O4. The Morgan fingerprint density at radius 1 is 1.27 bits per heavy atom. The van der Waals surface area contributed by atoms with Gasteiger partial charge in [0.25, 0.3) is 5.91 Å². The predicted molar refractivity (Wildman–Crippen MR) is 80.3 cm³/mol. The zero-order valence-electron chi connectivity index (χ0n) is 13.3. The highest BCUT2D eigenvalue weighted by atomic mass is 16.5. The van der Waals surface area contributed by atoms with Gasteiger partial charge < -0.3 is 14.8 Å². The van der Waals surface area contributed by atoms with Gasteiger partial charge in [-0.1, -0.05) is 0 Å². The third kappa shape index (κ3) is 3.43. The summed E-state index contributed by atoms with van der Waals surface area (Å²) >= 11 is 0. The van der Waals surface area contributed by atoms with Crippen molar-refractivity contribution in [2.45, 2.75) is 51.2 Å². The minimum Gasteiger partial charge on any atom is -0.381 e. The van der Waals surface area contributed by atoms with E-state index in [2.05, 4.69) is 12.2 Å². The number of nitrogens with one attached hydrogen (secondary N) is 1. The first kappa shape index (κ1) is 15.7. The van der Waals surface area contributed by atoms with Crippen LogP contribution in [0.4, 0.5) is 4.79 Å². The molecule has 0 bridgehead atoms. The zero-order valence-corrected chi connectivity index (χ0v) is 13.3. The molecule has 3 aliphatic rings. The van der Waals surface area contributed by atoms with Crippen molar-refractivity contribution in [3.8, 4) is 0 Å². The van der Waals surface area contributed by atoms with Gasteiger partial charge in [-0.15, -0.1) is 0 Å². The second-order valence-corrected chi connectivity index (χ2v) is 6.75. The molecule has 124 valence electrons. The molecule has 3 rings (SSSR count). The van der Waals surface area contributed by atoms with Gasteiger partial charge in [0, 0.05) is 25.7 Å². The SMILES string of the molecule is CC1CC(CCN2C(=O)NC(C3CCCOC3)C2=O)CCO1. The Hall–Kier alpha value is -1.14. The standard InChI is InChI=1S/C16H26N2O4/c1-11-9-12(5-8-22-11)4-6-18-15(19)14(17-16(18)20)13-3-2-7-21-10-13/h11-14H,2-10H2,1H3,(H,17,20). The number of hydrogen-bond donors (Lipinski definition) is 1. The van der Waals surface area contributed by atoms with Crippen LogP contribution in [0, 0.1) is 11.8 Å². The van der Waals surface area contributed by atoms with E-state index in [9.17, 15) is 9.59 Å². The largest absolute Gasteiger partial charge is 0.381 e. The lowest BCUT2D eigenvalue weighted by molar-refractivity contribution is -0.130. The van der Waals surface area contributed by atoms with E-state index in [4.69, 9.17) is 9.47 Å². The maximum atomic E-state index is 12.5. The fraction of sp³-hybridized carbons (Fsp3) is 0.875. The highest BCUT2D eigenvalue weighted by Gasteiger charge is 2.42. The van der Waals surface area contributed by atoms with Crippen molar-refractivity contribution in [2.24, 2.45) is 11.8 Å². The molecule has 6 heteroatoms. The molecule has 3 amide bonds. The van der Waals surface area contributed by atoms with Crippen LogP contribution in [-0.4, -0.2) is 55.3 Å². The molecule has 0 aromatic heterocycles. The van der Waals surface area contributed by atoms with Gasteiger partial charge in [-0.05, 0) is 44.9 Å². The Balaban J connectivity index is 1.52. The van der Waals surface area contributed by atoms with Crippen molar-refractivity contribution in [2.75, 3.05) is 26.4 Å². The van der Waals surface area contributed by atoms with Crippen LogP contribution >= 0.6 is 0 Å². The van der Waals surface area contributed by atoms with Crippen molar-refractivity contribution in [3.63, 3.8) is 0 Å². The zero-order chi connectivity index (χ0) is 15.5. The maximum Gasteiger partial charge on any atom is 0.324 e. The predicted octanol–water partition coefficient (Wildman–Crippen LogP) is 1.54. The number of hydrogen-bond acceptors (Lipinski definition) is 4. The minimum atomic E-state index is -0.388. The van der Waals surface area contributed by atoms with Gasteiger partial charge in [0.2, 0.25) is 0 Å². The summed E-state index contributed by atoms with van der Waals surface area (Å²) in [4.78, 5) is 26.0. The average Bonchev–Trinajstić information content (AvgIpc) is 2.81. The Bertz CT molecular complexity index is 422. The summed E-state index contributed by atoms with van der Waals surface area (Å²) < 4.78 is 11.0. The first-order valence-electron chi connectivity index (χ1n) is 8.46. The van der Waals surface area contributed by atoms with E-state index in [1.807, 2.05) is 0 Å². The van der Waals surface area contributed by atoms with Crippen LogP contribution in [0.25, 0.3) is 0 Å². The summed E-state index contributed by atoms with van der Waals surface area (Å²) in [5.74, 6) is 0.598. The van der Waals surface area contributed by atoms with Crippen molar-refractivity contribution in [3.05, 3.63) is 0 Å². The Labute approximate surface area is 131 Å². The van der Waals surface area contributed by atoms with E-state index in [1.54, 1.807) is 0 Å². The lowest BCUT2D eigenvalue weighted by Crippen LogP contribution is -2.41. The van der Waals surface area contributed by atoms with E-state index in [-0.39, 0.29) is 30.0 Å². The van der Waals surface area contributed by atoms with Crippen LogP contribution in [-0.2, 0) is 14.3 Å². The highest BCUT2D eigenvalue weighted by Crippen LogP contribution is 2.26. The monoisotopic (exact) mass is 310 g/mol. The Morgan fingerprint density at radius 2 is 2.14 bits per heavy atom. The smallest absolute Gasteiger partial charge is 0.324 e. The summed E-state index contributed by atoms with van der Waals surface area (Å²) in [5, 5.41) is 2.85. The van der Waals surface area contributed by atoms with Crippen LogP contribution in [0.1, 0.15) is 39.0 Å². The Morgan fingerprint density at radius 3 is 2.86 bits per heavy atom. The van der Waals surface area contributed by atoms with Crippen LogP contribution < -0.4 is 5.32 Å². The van der Waals surface area contributed by atoms with Gasteiger partial charge in [-0.25, -0.2) is 4.79 Å². The Kier molecular flexibility index (Phi) is 4.98. The molecule has 4 atom stereocenters. The molecule has 3 heterocycles. The molecule has 0 aromatic rings. The molecule has 6 nitrogen and oxygen atoms in total. The third-order valence-electron chi connectivity index (χ3n) is 5.08. The van der Waals surface area contributed by atoms with Crippen LogP contribution in [0.3, 0.4) is 0 Å². The number of urea groups is 1. The van der Waals surface area contributed by atoms with Crippen molar-refractivity contribution < 1.29 is 19.1 Å². The number of nitrogens with zero attached hydrogens (tertiary/aromatic N) is 1. The van der Waals surface area contributed by atoms with Gasteiger partial charge in [-0.2, -0.15) is 0 Å². The summed E-state index contributed by atoms with van der Waals surface area (Å²) in [5.41, 5.74) is 0. The van der Waals surface area contributed by atoms with Gasteiger partial charge in [0.05, 0.1) is 12.7 Å². The average molecular weight is 310 g/mol. The third-order valence-corrected chi connectivity index (χ3v) is 5.08. The first-order valence-corrected chi connectivity index (χ1v) is 8.46. The maximum absolute atomic E-state index is 12.5. The van der Waals surface area contributed by atoms with Crippen LogP contribution in [0.2, 0.25) is 0 Å². The molecule has 1 N–H and O–H groups in total. The molecule has 0 saturated carbocycles. The van der Waals surface area contributed by atoms with Crippen molar-refractivity contribution in [1.29, 1.82) is 0 Å². The lowest BCUT2D eigenvalue weighted by Gasteiger charge is -2.28. The molecule has 4 unspecified atom stereocenters. The van der Waals surface area contributed by atoms with Gasteiger partial charge in [0.1, 0.15) is 6.04 Å². The van der Waals surface area contributed by atoms with Crippen molar-refractivity contribution >= 4 is 11.9 Å². The number of carbonyl (C=O) groups excluding carboxylic acids is 2. The van der Waals surface area contributed by atoms with Crippen molar-refractivity contribution in [1.82, 2.24) is 10.2 Å². The number of ether oxygens (including phenoxy) is 2. The molecular weight excluding hydrogens is 284 g/mol. The normalized spacial score (nSPS) is 36.5. The molecule has 0 spiro atoms.